The van der Waals surface area contributed by atoms with Gasteiger partial charge >= 0.3 is 0 Å². The number of nitriles is 1. The van der Waals surface area contributed by atoms with Crippen LogP contribution in [0.2, 0.25) is 0 Å². The molecule has 0 spiro atoms. The van der Waals surface area contributed by atoms with E-state index in [0.717, 1.165) is 9.79 Å². The molecular formula is C15H12N2OS. The molecule has 94 valence electrons. The first-order chi connectivity index (χ1) is 9.22. The molecule has 2 aromatic rings. The number of carbonyl (C=O) groups is 1. The molecule has 3 nitrogen and oxygen atoms in total. The van der Waals surface area contributed by atoms with Gasteiger partial charge in [-0.25, -0.2) is 0 Å². The Balaban J connectivity index is 2.10. The number of benzene rings is 2. The van der Waals surface area contributed by atoms with E-state index in [4.69, 9.17) is 5.26 Å². The molecule has 1 amide bonds. The van der Waals surface area contributed by atoms with Crippen LogP contribution in [0.15, 0.2) is 58.3 Å². The van der Waals surface area contributed by atoms with Gasteiger partial charge in [0.2, 0.25) is 0 Å². The molecule has 0 aliphatic rings. The monoisotopic (exact) mass is 268 g/mol. The number of carbonyl (C=O) groups excluding carboxylic acids is 1. The quantitative estimate of drug-likeness (QED) is 0.930. The van der Waals surface area contributed by atoms with Gasteiger partial charge in [-0.05, 0) is 48.5 Å². The Morgan fingerprint density at radius 1 is 1.05 bits per heavy atom. The van der Waals surface area contributed by atoms with Gasteiger partial charge in [-0.3, -0.25) is 4.79 Å². The van der Waals surface area contributed by atoms with Gasteiger partial charge in [0, 0.05) is 22.4 Å². The van der Waals surface area contributed by atoms with E-state index in [0.29, 0.717) is 11.1 Å². The van der Waals surface area contributed by atoms with Crippen LogP contribution in [0.5, 0.6) is 0 Å². The van der Waals surface area contributed by atoms with E-state index in [1.165, 1.54) is 0 Å². The van der Waals surface area contributed by atoms with Gasteiger partial charge in [0.25, 0.3) is 5.91 Å². The van der Waals surface area contributed by atoms with E-state index in [2.05, 4.69) is 11.4 Å². The number of hydrogen-bond donors (Lipinski definition) is 1. The van der Waals surface area contributed by atoms with E-state index < -0.39 is 0 Å². The van der Waals surface area contributed by atoms with Crippen LogP contribution in [0.1, 0.15) is 15.9 Å². The van der Waals surface area contributed by atoms with E-state index in [1.807, 2.05) is 24.3 Å². The van der Waals surface area contributed by atoms with Crippen molar-refractivity contribution < 1.29 is 4.79 Å². The van der Waals surface area contributed by atoms with Crippen LogP contribution < -0.4 is 5.32 Å². The van der Waals surface area contributed by atoms with E-state index in [1.54, 1.807) is 43.1 Å². The Labute approximate surface area is 116 Å². The van der Waals surface area contributed by atoms with Crippen molar-refractivity contribution in [1.29, 1.82) is 5.26 Å². The maximum Gasteiger partial charge on any atom is 0.251 e. The van der Waals surface area contributed by atoms with Gasteiger partial charge in [0.1, 0.15) is 0 Å². The zero-order chi connectivity index (χ0) is 13.7. The highest BCUT2D eigenvalue weighted by molar-refractivity contribution is 7.99. The maximum atomic E-state index is 11.4. The van der Waals surface area contributed by atoms with Crippen molar-refractivity contribution in [2.24, 2.45) is 0 Å². The lowest BCUT2D eigenvalue weighted by Gasteiger charge is -2.03. The zero-order valence-electron chi connectivity index (χ0n) is 10.4. The van der Waals surface area contributed by atoms with Gasteiger partial charge < -0.3 is 5.32 Å². The van der Waals surface area contributed by atoms with Crippen LogP contribution in [0.3, 0.4) is 0 Å². The minimum absolute atomic E-state index is 0.0880. The fourth-order valence-corrected chi connectivity index (χ4v) is 2.37. The Morgan fingerprint density at radius 2 is 1.58 bits per heavy atom. The van der Waals surface area contributed by atoms with Crippen molar-refractivity contribution in [3.05, 3.63) is 59.7 Å². The normalized spacial score (nSPS) is 9.68. The Kier molecular flexibility index (Phi) is 4.22. The molecule has 4 heteroatoms. The highest BCUT2D eigenvalue weighted by Crippen LogP contribution is 2.27. The molecule has 1 N–H and O–H groups in total. The molecule has 0 radical (unpaired) electrons. The van der Waals surface area contributed by atoms with Crippen LogP contribution in [0.4, 0.5) is 0 Å². The summed E-state index contributed by atoms with van der Waals surface area (Å²) < 4.78 is 0. The number of amides is 1. The highest BCUT2D eigenvalue weighted by Gasteiger charge is 2.03. The van der Waals surface area contributed by atoms with Gasteiger partial charge in [0.05, 0.1) is 11.6 Å². The second-order valence-corrected chi connectivity index (χ2v) is 4.99. The molecule has 0 unspecified atom stereocenters. The van der Waals surface area contributed by atoms with E-state index >= 15 is 0 Å². The van der Waals surface area contributed by atoms with Gasteiger partial charge in [-0.15, -0.1) is 0 Å². The number of nitrogens with zero attached hydrogens (tertiary/aromatic N) is 1. The summed E-state index contributed by atoms with van der Waals surface area (Å²) in [5.41, 5.74) is 1.30. The molecule has 0 heterocycles. The van der Waals surface area contributed by atoms with Crippen LogP contribution in [-0.4, -0.2) is 13.0 Å². The summed E-state index contributed by atoms with van der Waals surface area (Å²) in [6.45, 7) is 0. The number of nitrogens with one attached hydrogen (secondary N) is 1. The SMILES string of the molecule is CNC(=O)c1ccc(Sc2ccc(C#N)cc2)cc1. The third kappa shape index (κ3) is 3.36. The zero-order valence-corrected chi connectivity index (χ0v) is 11.2. The fourth-order valence-electron chi connectivity index (χ4n) is 1.55. The standard InChI is InChI=1S/C15H12N2OS/c1-17-15(18)12-4-8-14(9-5-12)19-13-6-2-11(10-16)3-7-13/h2-9H,1H3,(H,17,18). The van der Waals surface area contributed by atoms with Crippen molar-refractivity contribution in [1.82, 2.24) is 5.32 Å². The van der Waals surface area contributed by atoms with E-state index in [9.17, 15) is 4.79 Å². The summed E-state index contributed by atoms with van der Waals surface area (Å²) in [5, 5.41) is 11.3. The van der Waals surface area contributed by atoms with Gasteiger partial charge in [0.15, 0.2) is 0 Å². The topological polar surface area (TPSA) is 52.9 Å². The smallest absolute Gasteiger partial charge is 0.251 e. The lowest BCUT2D eigenvalue weighted by molar-refractivity contribution is 0.0963. The molecule has 0 aromatic heterocycles. The fraction of sp³-hybridized carbons (Fsp3) is 0.0667. The lowest BCUT2D eigenvalue weighted by atomic mass is 10.2. The first-order valence-corrected chi connectivity index (χ1v) is 6.55. The Hall–Kier alpha value is -2.25. The molecule has 0 bridgehead atoms. The first kappa shape index (κ1) is 13.2. The van der Waals surface area contributed by atoms with Gasteiger partial charge in [-0.2, -0.15) is 5.26 Å². The van der Waals surface area contributed by atoms with Crippen molar-refractivity contribution >= 4 is 17.7 Å². The van der Waals surface area contributed by atoms with Crippen LogP contribution in [-0.2, 0) is 0 Å². The third-order valence-electron chi connectivity index (χ3n) is 2.56. The summed E-state index contributed by atoms with van der Waals surface area (Å²) in [4.78, 5) is 13.5. The molecule has 2 aromatic carbocycles. The maximum absolute atomic E-state index is 11.4. The summed E-state index contributed by atoms with van der Waals surface area (Å²) in [6.07, 6.45) is 0. The summed E-state index contributed by atoms with van der Waals surface area (Å²) >= 11 is 1.59. The van der Waals surface area contributed by atoms with Crippen molar-refractivity contribution in [3.63, 3.8) is 0 Å². The van der Waals surface area contributed by atoms with Crippen LogP contribution in [0, 0.1) is 11.3 Å². The van der Waals surface area contributed by atoms with Crippen molar-refractivity contribution in [2.45, 2.75) is 9.79 Å². The van der Waals surface area contributed by atoms with E-state index in [-0.39, 0.29) is 5.91 Å². The second kappa shape index (κ2) is 6.07. The second-order valence-electron chi connectivity index (χ2n) is 3.84. The minimum atomic E-state index is -0.0880. The average molecular weight is 268 g/mol. The molecule has 0 aliphatic heterocycles. The Morgan fingerprint density at radius 3 is 2.05 bits per heavy atom. The third-order valence-corrected chi connectivity index (χ3v) is 3.58. The predicted octanol–water partition coefficient (Wildman–Crippen LogP) is 3.07. The summed E-state index contributed by atoms with van der Waals surface area (Å²) in [7, 11) is 1.61. The van der Waals surface area contributed by atoms with Crippen molar-refractivity contribution in [3.8, 4) is 6.07 Å². The Bertz CT molecular complexity index is 612. The molecular weight excluding hydrogens is 256 g/mol. The van der Waals surface area contributed by atoms with Gasteiger partial charge in [-0.1, -0.05) is 11.8 Å². The largest absolute Gasteiger partial charge is 0.355 e. The number of hydrogen-bond acceptors (Lipinski definition) is 3. The molecule has 0 atom stereocenters. The molecule has 2 rings (SSSR count). The number of rotatable bonds is 3. The van der Waals surface area contributed by atoms with Crippen LogP contribution >= 0.6 is 11.8 Å². The molecule has 19 heavy (non-hydrogen) atoms. The predicted molar refractivity (Wildman–Crippen MR) is 75.1 cm³/mol. The molecule has 0 aliphatic carbocycles. The average Bonchev–Trinajstić information content (AvgIpc) is 2.48. The van der Waals surface area contributed by atoms with Crippen LogP contribution in [0.25, 0.3) is 0 Å². The molecule has 0 fully saturated rings. The summed E-state index contributed by atoms with van der Waals surface area (Å²) in [5.74, 6) is -0.0880. The van der Waals surface area contributed by atoms with Crippen molar-refractivity contribution in [2.75, 3.05) is 7.05 Å². The minimum Gasteiger partial charge on any atom is -0.355 e. The molecule has 0 saturated heterocycles. The molecule has 0 saturated carbocycles. The highest BCUT2D eigenvalue weighted by atomic mass is 32.2. The lowest BCUT2D eigenvalue weighted by Crippen LogP contribution is -2.17. The first-order valence-electron chi connectivity index (χ1n) is 5.73. The summed E-state index contributed by atoms with van der Waals surface area (Å²) in [6, 6.07) is 16.9.